The molecule has 2 N–H and O–H groups in total. The van der Waals surface area contributed by atoms with Gasteiger partial charge in [0.15, 0.2) is 0 Å². The predicted octanol–water partition coefficient (Wildman–Crippen LogP) is 3.66. The van der Waals surface area contributed by atoms with E-state index in [9.17, 15) is 10.4 Å². The summed E-state index contributed by atoms with van der Waals surface area (Å²) in [5, 5.41) is 39.5. The first kappa shape index (κ1) is 31.6. The van der Waals surface area contributed by atoms with Gasteiger partial charge in [0.1, 0.15) is 36.5 Å². The highest BCUT2D eigenvalue weighted by atomic mass is 16.5. The summed E-state index contributed by atoms with van der Waals surface area (Å²) in [5.41, 5.74) is 1.89. The van der Waals surface area contributed by atoms with Gasteiger partial charge >= 0.3 is 0 Å². The zero-order chi connectivity index (χ0) is 33.4. The molecule has 1 unspecified atom stereocenters. The third kappa shape index (κ3) is 6.94. The van der Waals surface area contributed by atoms with Crippen LogP contribution in [0, 0.1) is 11.3 Å². The summed E-state index contributed by atoms with van der Waals surface area (Å²) in [4.78, 5) is 11.9. The molecule has 4 aliphatic rings. The summed E-state index contributed by atoms with van der Waals surface area (Å²) in [6.07, 6.45) is 15.0. The Kier molecular flexibility index (Phi) is 8.60. The number of aromatic nitrogens is 8. The minimum absolute atomic E-state index is 0.197. The molecule has 2 aliphatic carbocycles. The van der Waals surface area contributed by atoms with Crippen molar-refractivity contribution in [1.82, 2.24) is 44.9 Å². The van der Waals surface area contributed by atoms with E-state index in [0.29, 0.717) is 53.5 Å². The zero-order valence-corrected chi connectivity index (χ0v) is 27.6. The molecule has 4 fully saturated rings. The maximum absolute atomic E-state index is 10.5. The van der Waals surface area contributed by atoms with Gasteiger partial charge in [0, 0.05) is 36.1 Å². The van der Waals surface area contributed by atoms with Crippen molar-refractivity contribution in [3.63, 3.8) is 0 Å². The molecular weight excluding hydrogens is 626 g/mol. The Bertz CT molecular complexity index is 1760. The molecule has 5 heterocycles. The summed E-state index contributed by atoms with van der Waals surface area (Å²) < 4.78 is 21.6. The van der Waals surface area contributed by atoms with Crippen LogP contribution in [0.5, 0.6) is 11.6 Å². The van der Waals surface area contributed by atoms with Gasteiger partial charge in [-0.1, -0.05) is 6.07 Å². The average molecular weight is 668 g/mol. The molecule has 4 aromatic rings. The van der Waals surface area contributed by atoms with Gasteiger partial charge in [-0.3, -0.25) is 9.58 Å². The SMILES string of the molecule is CC(Cn1cnnn1)Oc1cc(-c2cnc(Nc3cn(C4CCC(N5[C@@H]6CC[C@H]5COC6)CC4)nc3OCC3(O)CC3)nc2)ccc1C#N. The van der Waals surface area contributed by atoms with E-state index in [2.05, 4.69) is 41.8 Å². The lowest BCUT2D eigenvalue weighted by Crippen LogP contribution is -2.52. The first-order valence-corrected chi connectivity index (χ1v) is 17.2. The molecule has 2 aliphatic heterocycles. The number of anilines is 2. The second-order valence-electron chi connectivity index (χ2n) is 13.9. The molecule has 2 bridgehead atoms. The Hall–Kier alpha value is -4.65. The van der Waals surface area contributed by atoms with Gasteiger partial charge in [0.05, 0.1) is 43.2 Å². The fourth-order valence-electron chi connectivity index (χ4n) is 7.46. The number of ether oxygens (including phenoxy) is 3. The van der Waals surface area contributed by atoms with Crippen LogP contribution in [0.15, 0.2) is 43.1 Å². The van der Waals surface area contributed by atoms with Crippen molar-refractivity contribution in [2.24, 2.45) is 0 Å². The van der Waals surface area contributed by atoms with Crippen molar-refractivity contribution in [2.45, 2.75) is 101 Å². The van der Waals surface area contributed by atoms with Crippen molar-refractivity contribution in [3.8, 4) is 28.8 Å². The van der Waals surface area contributed by atoms with E-state index in [1.54, 1.807) is 23.1 Å². The number of rotatable bonds is 12. The molecule has 15 nitrogen and oxygen atoms in total. The lowest BCUT2D eigenvalue weighted by Gasteiger charge is -2.43. The van der Waals surface area contributed by atoms with Crippen LogP contribution in [0.3, 0.4) is 0 Å². The molecule has 0 radical (unpaired) electrons. The van der Waals surface area contributed by atoms with Crippen LogP contribution in [-0.2, 0) is 11.3 Å². The molecular formula is C34H41N11O4. The van der Waals surface area contributed by atoms with E-state index in [-0.39, 0.29) is 18.8 Å². The summed E-state index contributed by atoms with van der Waals surface area (Å²) in [5.74, 6) is 1.29. The van der Waals surface area contributed by atoms with Gasteiger partial charge in [0.2, 0.25) is 5.95 Å². The van der Waals surface area contributed by atoms with Gasteiger partial charge in [-0.25, -0.2) is 14.6 Å². The Morgan fingerprint density at radius 2 is 1.78 bits per heavy atom. The summed E-state index contributed by atoms with van der Waals surface area (Å²) in [6, 6.07) is 9.61. The molecule has 0 spiro atoms. The molecule has 256 valence electrons. The predicted molar refractivity (Wildman–Crippen MR) is 176 cm³/mol. The van der Waals surface area contributed by atoms with Crippen molar-refractivity contribution in [1.29, 1.82) is 5.26 Å². The molecule has 15 heteroatoms. The van der Waals surface area contributed by atoms with Crippen LogP contribution in [-0.4, -0.2) is 99.6 Å². The molecule has 2 saturated carbocycles. The Morgan fingerprint density at radius 1 is 1.04 bits per heavy atom. The molecule has 3 atom stereocenters. The Morgan fingerprint density at radius 3 is 2.47 bits per heavy atom. The second-order valence-corrected chi connectivity index (χ2v) is 13.9. The molecule has 0 amide bonds. The minimum atomic E-state index is -0.774. The van der Waals surface area contributed by atoms with Crippen molar-refractivity contribution in [3.05, 3.63) is 48.7 Å². The number of tetrazole rings is 1. The van der Waals surface area contributed by atoms with Crippen LogP contribution in [0.4, 0.5) is 11.6 Å². The smallest absolute Gasteiger partial charge is 0.257 e. The quantitative estimate of drug-likeness (QED) is 0.224. The number of nitriles is 1. The van der Waals surface area contributed by atoms with E-state index in [1.807, 2.05) is 29.9 Å². The van der Waals surface area contributed by atoms with E-state index in [0.717, 1.165) is 62.9 Å². The van der Waals surface area contributed by atoms with Crippen LogP contribution in [0.25, 0.3) is 11.1 Å². The first-order valence-electron chi connectivity index (χ1n) is 17.2. The van der Waals surface area contributed by atoms with Crippen LogP contribution < -0.4 is 14.8 Å². The van der Waals surface area contributed by atoms with E-state index >= 15 is 0 Å². The van der Waals surface area contributed by atoms with Crippen LogP contribution in [0.1, 0.15) is 69.9 Å². The zero-order valence-electron chi connectivity index (χ0n) is 27.6. The maximum Gasteiger partial charge on any atom is 0.257 e. The maximum atomic E-state index is 10.5. The van der Waals surface area contributed by atoms with E-state index < -0.39 is 5.60 Å². The van der Waals surface area contributed by atoms with Gasteiger partial charge in [-0.15, -0.1) is 10.2 Å². The summed E-state index contributed by atoms with van der Waals surface area (Å²) in [6.45, 7) is 4.26. The third-order valence-electron chi connectivity index (χ3n) is 10.3. The molecule has 8 rings (SSSR count). The number of hydrogen-bond donors (Lipinski definition) is 2. The van der Waals surface area contributed by atoms with Gasteiger partial charge in [-0.2, -0.15) is 5.26 Å². The lowest BCUT2D eigenvalue weighted by atomic mass is 9.89. The number of nitrogens with one attached hydrogen (secondary N) is 1. The van der Waals surface area contributed by atoms with Crippen LogP contribution >= 0.6 is 0 Å². The monoisotopic (exact) mass is 667 g/mol. The minimum Gasteiger partial charge on any atom is -0.487 e. The Labute approximate surface area is 284 Å². The topological polar surface area (TPSA) is 174 Å². The van der Waals surface area contributed by atoms with E-state index in [4.69, 9.17) is 19.3 Å². The molecule has 1 aromatic carbocycles. The lowest BCUT2D eigenvalue weighted by molar-refractivity contribution is -0.0458. The van der Waals surface area contributed by atoms with Crippen LogP contribution in [0.2, 0.25) is 0 Å². The van der Waals surface area contributed by atoms with Crippen molar-refractivity contribution >= 4 is 11.6 Å². The number of aliphatic hydroxyl groups is 1. The average Bonchev–Trinajstić information content (AvgIpc) is 3.38. The number of benzene rings is 1. The number of hydrogen-bond acceptors (Lipinski definition) is 13. The highest BCUT2D eigenvalue weighted by molar-refractivity contribution is 5.67. The molecule has 3 aromatic heterocycles. The molecule has 2 saturated heterocycles. The number of fused-ring (bicyclic) bond motifs is 2. The highest BCUT2D eigenvalue weighted by Crippen LogP contribution is 2.40. The highest BCUT2D eigenvalue weighted by Gasteiger charge is 2.43. The normalized spacial score (nSPS) is 25.0. The largest absolute Gasteiger partial charge is 0.487 e. The van der Waals surface area contributed by atoms with Crippen molar-refractivity contribution in [2.75, 3.05) is 25.1 Å². The Balaban J connectivity index is 0.953. The van der Waals surface area contributed by atoms with Gasteiger partial charge in [0.25, 0.3) is 5.88 Å². The fourth-order valence-corrected chi connectivity index (χ4v) is 7.46. The molecule has 49 heavy (non-hydrogen) atoms. The van der Waals surface area contributed by atoms with Gasteiger partial charge < -0.3 is 24.6 Å². The van der Waals surface area contributed by atoms with Crippen molar-refractivity contribution < 1.29 is 19.3 Å². The summed E-state index contributed by atoms with van der Waals surface area (Å²) >= 11 is 0. The standard InChI is InChI=1S/C34H41N11O4/c1-22(16-43-21-38-41-42-43)49-31-12-23(2-3-24(31)13-35)25-14-36-33(37-15-25)39-30-17-44(40-32(30)48-20-34(46)10-11-34)26-4-6-27(7-5-26)45-28-8-9-29(45)19-47-18-28/h2-3,12,14-15,17,21-22,26-29,46H,4-11,16,18-20H2,1H3,(H,36,37,39)/t22?,26?,27?,28-,29+. The van der Waals surface area contributed by atoms with Gasteiger partial charge in [-0.05, 0) is 86.4 Å². The van der Waals surface area contributed by atoms with E-state index in [1.165, 1.54) is 19.2 Å². The fraction of sp³-hybridized carbons (Fsp3) is 0.559. The third-order valence-corrected chi connectivity index (χ3v) is 10.3. The first-order chi connectivity index (χ1) is 23.9. The number of morpholine rings is 1. The summed E-state index contributed by atoms with van der Waals surface area (Å²) in [7, 11) is 0. The number of nitrogens with zero attached hydrogens (tertiary/aromatic N) is 10. The second kappa shape index (κ2) is 13.3.